The molecular weight excluding hydrogens is 318 g/mol. The summed E-state index contributed by atoms with van der Waals surface area (Å²) in [6.07, 6.45) is 2.40. The Morgan fingerprint density at radius 1 is 1.17 bits per heavy atom. The van der Waals surface area contributed by atoms with Gasteiger partial charge in [-0.05, 0) is 55.5 Å². The molecule has 3 nitrogen and oxygen atoms in total. The summed E-state index contributed by atoms with van der Waals surface area (Å²) in [4.78, 5) is 13.4. The zero-order chi connectivity index (χ0) is 16.8. The summed E-state index contributed by atoms with van der Waals surface area (Å²) in [6, 6.07) is 18.3. The molecule has 1 unspecified atom stereocenters. The van der Waals surface area contributed by atoms with Crippen LogP contribution in [0.5, 0.6) is 5.75 Å². The molecule has 1 saturated carbocycles. The SMILES string of the molecule is CCOc1ccc(SCC(=O)NC(c2ccccc2)C2CC2)cc1. The monoisotopic (exact) mass is 341 g/mol. The Morgan fingerprint density at radius 2 is 1.88 bits per heavy atom. The van der Waals surface area contributed by atoms with Crippen LogP contribution in [0.15, 0.2) is 59.5 Å². The van der Waals surface area contributed by atoms with Crippen LogP contribution in [0.4, 0.5) is 0 Å². The van der Waals surface area contributed by atoms with Crippen molar-refractivity contribution in [2.45, 2.75) is 30.7 Å². The molecule has 1 amide bonds. The van der Waals surface area contributed by atoms with Gasteiger partial charge in [0.15, 0.2) is 0 Å². The average Bonchev–Trinajstić information content (AvgIpc) is 3.45. The second-order valence-corrected chi connectivity index (χ2v) is 7.04. The van der Waals surface area contributed by atoms with Gasteiger partial charge in [0, 0.05) is 4.90 Å². The van der Waals surface area contributed by atoms with Gasteiger partial charge in [-0.15, -0.1) is 11.8 Å². The largest absolute Gasteiger partial charge is 0.494 e. The molecule has 1 aliphatic carbocycles. The van der Waals surface area contributed by atoms with Crippen LogP contribution in [0.3, 0.4) is 0 Å². The van der Waals surface area contributed by atoms with Gasteiger partial charge in [-0.25, -0.2) is 0 Å². The Labute approximate surface area is 147 Å². The summed E-state index contributed by atoms with van der Waals surface area (Å²) in [6.45, 7) is 2.63. The van der Waals surface area contributed by atoms with Crippen molar-refractivity contribution >= 4 is 17.7 Å². The molecule has 4 heteroatoms. The summed E-state index contributed by atoms with van der Waals surface area (Å²) >= 11 is 1.56. The van der Waals surface area contributed by atoms with E-state index in [1.54, 1.807) is 11.8 Å². The maximum absolute atomic E-state index is 12.3. The number of ether oxygens (including phenoxy) is 1. The van der Waals surface area contributed by atoms with Crippen molar-refractivity contribution < 1.29 is 9.53 Å². The van der Waals surface area contributed by atoms with Crippen LogP contribution < -0.4 is 10.1 Å². The first-order valence-electron chi connectivity index (χ1n) is 8.46. The molecule has 0 aliphatic heterocycles. The van der Waals surface area contributed by atoms with E-state index in [9.17, 15) is 4.79 Å². The van der Waals surface area contributed by atoms with Crippen LogP contribution in [0, 0.1) is 5.92 Å². The number of nitrogens with one attached hydrogen (secondary N) is 1. The third-order valence-electron chi connectivity index (χ3n) is 4.07. The molecule has 0 spiro atoms. The highest BCUT2D eigenvalue weighted by molar-refractivity contribution is 8.00. The molecule has 3 rings (SSSR count). The van der Waals surface area contributed by atoms with Crippen LogP contribution in [0.1, 0.15) is 31.4 Å². The quantitative estimate of drug-likeness (QED) is 0.721. The third-order valence-corrected chi connectivity index (χ3v) is 5.09. The lowest BCUT2D eigenvalue weighted by Crippen LogP contribution is -2.31. The van der Waals surface area contributed by atoms with Crippen molar-refractivity contribution in [1.29, 1.82) is 0 Å². The number of benzene rings is 2. The molecule has 0 bridgehead atoms. The van der Waals surface area contributed by atoms with Crippen molar-refractivity contribution in [2.24, 2.45) is 5.92 Å². The van der Waals surface area contributed by atoms with E-state index in [2.05, 4.69) is 17.4 Å². The molecule has 0 saturated heterocycles. The smallest absolute Gasteiger partial charge is 0.230 e. The summed E-state index contributed by atoms with van der Waals surface area (Å²) in [5.41, 5.74) is 1.21. The third kappa shape index (κ3) is 4.78. The first-order chi connectivity index (χ1) is 11.8. The number of rotatable bonds is 8. The zero-order valence-electron chi connectivity index (χ0n) is 13.9. The molecule has 0 aromatic heterocycles. The number of hydrogen-bond acceptors (Lipinski definition) is 3. The number of thioether (sulfide) groups is 1. The zero-order valence-corrected chi connectivity index (χ0v) is 14.7. The van der Waals surface area contributed by atoms with E-state index in [0.717, 1.165) is 10.6 Å². The predicted octanol–water partition coefficient (Wildman–Crippen LogP) is 4.44. The number of carbonyl (C=O) groups is 1. The Morgan fingerprint density at radius 3 is 2.50 bits per heavy atom. The topological polar surface area (TPSA) is 38.3 Å². The molecule has 1 fully saturated rings. The van der Waals surface area contributed by atoms with E-state index in [4.69, 9.17) is 4.74 Å². The van der Waals surface area contributed by atoms with Crippen molar-refractivity contribution in [1.82, 2.24) is 5.32 Å². The second kappa shape index (κ2) is 8.25. The summed E-state index contributed by atoms with van der Waals surface area (Å²) in [7, 11) is 0. The lowest BCUT2D eigenvalue weighted by Gasteiger charge is -2.18. The van der Waals surface area contributed by atoms with E-state index < -0.39 is 0 Å². The maximum Gasteiger partial charge on any atom is 0.230 e. The van der Waals surface area contributed by atoms with E-state index in [1.165, 1.54) is 18.4 Å². The molecule has 24 heavy (non-hydrogen) atoms. The van der Waals surface area contributed by atoms with Gasteiger partial charge in [-0.1, -0.05) is 30.3 Å². The molecule has 2 aromatic carbocycles. The Kier molecular flexibility index (Phi) is 5.81. The average molecular weight is 341 g/mol. The molecule has 126 valence electrons. The second-order valence-electron chi connectivity index (χ2n) is 5.99. The highest BCUT2D eigenvalue weighted by atomic mass is 32.2. The lowest BCUT2D eigenvalue weighted by molar-refractivity contribution is -0.119. The fraction of sp³-hybridized carbons (Fsp3) is 0.350. The Hall–Kier alpha value is -1.94. The van der Waals surface area contributed by atoms with Gasteiger partial charge in [-0.3, -0.25) is 4.79 Å². The normalized spacial score (nSPS) is 14.9. The van der Waals surface area contributed by atoms with Crippen LogP contribution >= 0.6 is 11.8 Å². The molecule has 1 atom stereocenters. The lowest BCUT2D eigenvalue weighted by atomic mass is 10.0. The number of amides is 1. The van der Waals surface area contributed by atoms with Crippen molar-refractivity contribution in [3.05, 3.63) is 60.2 Å². The summed E-state index contributed by atoms with van der Waals surface area (Å²) in [5, 5.41) is 3.21. The van der Waals surface area contributed by atoms with Crippen LogP contribution in [-0.2, 0) is 4.79 Å². The summed E-state index contributed by atoms with van der Waals surface area (Å²) < 4.78 is 5.43. The van der Waals surface area contributed by atoms with Crippen LogP contribution in [0.2, 0.25) is 0 Å². The standard InChI is InChI=1S/C20H23NO2S/c1-2-23-17-10-12-18(13-11-17)24-14-19(22)21-20(16-8-9-16)15-6-4-3-5-7-15/h3-7,10-13,16,20H,2,8-9,14H2,1H3,(H,21,22). The molecule has 2 aromatic rings. The predicted molar refractivity (Wildman–Crippen MR) is 98.4 cm³/mol. The molecular formula is C20H23NO2S. The molecule has 1 aliphatic rings. The molecule has 1 N–H and O–H groups in total. The van der Waals surface area contributed by atoms with Gasteiger partial charge < -0.3 is 10.1 Å². The van der Waals surface area contributed by atoms with Gasteiger partial charge in [-0.2, -0.15) is 0 Å². The van der Waals surface area contributed by atoms with Gasteiger partial charge in [0.1, 0.15) is 5.75 Å². The summed E-state index contributed by atoms with van der Waals surface area (Å²) in [5.74, 6) is 1.98. The minimum Gasteiger partial charge on any atom is -0.494 e. The van der Waals surface area contributed by atoms with E-state index in [0.29, 0.717) is 18.3 Å². The highest BCUT2D eigenvalue weighted by Crippen LogP contribution is 2.41. The van der Waals surface area contributed by atoms with Crippen LogP contribution in [0.25, 0.3) is 0 Å². The fourth-order valence-electron chi connectivity index (χ4n) is 2.73. The van der Waals surface area contributed by atoms with E-state index in [-0.39, 0.29) is 11.9 Å². The Balaban J connectivity index is 1.52. The van der Waals surface area contributed by atoms with Gasteiger partial charge in [0.2, 0.25) is 5.91 Å². The fourth-order valence-corrected chi connectivity index (χ4v) is 3.44. The minimum atomic E-state index is 0.0923. The first kappa shape index (κ1) is 16.9. The first-order valence-corrected chi connectivity index (χ1v) is 9.45. The van der Waals surface area contributed by atoms with Gasteiger partial charge in [0.05, 0.1) is 18.4 Å². The van der Waals surface area contributed by atoms with Crippen molar-refractivity contribution in [3.8, 4) is 5.75 Å². The highest BCUT2D eigenvalue weighted by Gasteiger charge is 2.33. The van der Waals surface area contributed by atoms with Crippen molar-refractivity contribution in [2.75, 3.05) is 12.4 Å². The van der Waals surface area contributed by atoms with E-state index in [1.807, 2.05) is 49.4 Å². The minimum absolute atomic E-state index is 0.0923. The Bertz CT molecular complexity index is 653. The van der Waals surface area contributed by atoms with Gasteiger partial charge in [0.25, 0.3) is 0 Å². The molecule has 0 radical (unpaired) electrons. The number of carbonyl (C=O) groups excluding carboxylic acids is 1. The number of hydrogen-bond donors (Lipinski definition) is 1. The van der Waals surface area contributed by atoms with Crippen molar-refractivity contribution in [3.63, 3.8) is 0 Å². The molecule has 0 heterocycles. The van der Waals surface area contributed by atoms with Gasteiger partial charge >= 0.3 is 0 Å². The maximum atomic E-state index is 12.3. The van der Waals surface area contributed by atoms with E-state index >= 15 is 0 Å². The van der Waals surface area contributed by atoms with Crippen LogP contribution in [-0.4, -0.2) is 18.3 Å².